The molecule has 0 N–H and O–H groups in total. The van der Waals surface area contributed by atoms with E-state index < -0.39 is 0 Å². The van der Waals surface area contributed by atoms with Gasteiger partial charge in [0.2, 0.25) is 0 Å². The van der Waals surface area contributed by atoms with Gasteiger partial charge in [-0.2, -0.15) is 0 Å². The van der Waals surface area contributed by atoms with Gasteiger partial charge in [-0.15, -0.1) is 0 Å². The minimum atomic E-state index is 0. The van der Waals surface area contributed by atoms with Crippen molar-refractivity contribution in [3.05, 3.63) is 0 Å². The molecule has 0 radical (unpaired) electrons. The quantitative estimate of drug-likeness (QED) is 0.198. The third-order valence-corrected chi connectivity index (χ3v) is 4.46. The zero-order chi connectivity index (χ0) is 14.7. The molecule has 0 saturated heterocycles. The fourth-order valence-corrected chi connectivity index (χ4v) is 2.97. The first kappa shape index (κ1) is 30.0. The van der Waals surface area contributed by atoms with E-state index in [4.69, 9.17) is 0 Å². The summed E-state index contributed by atoms with van der Waals surface area (Å²) in [5.74, 6) is 0. The Kier molecular flexibility index (Phi) is 39.6. The van der Waals surface area contributed by atoms with Crippen LogP contribution in [0.3, 0.4) is 0 Å². The van der Waals surface area contributed by atoms with E-state index in [0.29, 0.717) is 0 Å². The Bertz CT molecular complexity index is 142. The van der Waals surface area contributed by atoms with E-state index in [2.05, 4.69) is 13.8 Å². The number of unbranched alkanes of at least 4 members (excludes halogenated alkanes) is 17. The van der Waals surface area contributed by atoms with E-state index in [1.165, 1.54) is 116 Å². The third-order valence-electron chi connectivity index (χ3n) is 4.46. The molecule has 0 unspecified atom stereocenters. The molecule has 0 amide bonds. The van der Waals surface area contributed by atoms with Gasteiger partial charge in [-0.25, -0.2) is 0 Å². The van der Waals surface area contributed by atoms with Crippen molar-refractivity contribution in [2.45, 2.75) is 129 Å². The SMILES string of the molecule is CCCCCCCCCCCCCCCCCCCC.[KH].[KH]. The molecule has 0 rings (SSSR count). The van der Waals surface area contributed by atoms with Crippen LogP contribution in [0.25, 0.3) is 0 Å². The van der Waals surface area contributed by atoms with Gasteiger partial charge in [0.05, 0.1) is 0 Å². The molecule has 0 aliphatic rings. The molecule has 0 aliphatic heterocycles. The van der Waals surface area contributed by atoms with Gasteiger partial charge in [0.1, 0.15) is 0 Å². The van der Waals surface area contributed by atoms with Crippen molar-refractivity contribution in [2.24, 2.45) is 0 Å². The molecule has 0 saturated carbocycles. The van der Waals surface area contributed by atoms with Crippen LogP contribution in [0.5, 0.6) is 0 Å². The summed E-state index contributed by atoms with van der Waals surface area (Å²) in [4.78, 5) is 0. The van der Waals surface area contributed by atoms with Crippen LogP contribution in [0, 0.1) is 0 Å². The maximum atomic E-state index is 2.30. The first-order chi connectivity index (χ1) is 9.91. The van der Waals surface area contributed by atoms with E-state index in [1.54, 1.807) is 0 Å². The van der Waals surface area contributed by atoms with Gasteiger partial charge >= 0.3 is 103 Å². The van der Waals surface area contributed by atoms with Crippen molar-refractivity contribution in [1.29, 1.82) is 0 Å². The molecular weight excluding hydrogens is 318 g/mol. The second kappa shape index (κ2) is 29.1. The monoisotopic (exact) mass is 362 g/mol. The molecule has 0 aromatic rings. The maximum absolute atomic E-state index is 2.30. The average Bonchev–Trinajstić information content (AvgIpc) is 2.47. The molecule has 0 heterocycles. The van der Waals surface area contributed by atoms with Gasteiger partial charge < -0.3 is 0 Å². The number of rotatable bonds is 17. The summed E-state index contributed by atoms with van der Waals surface area (Å²) in [7, 11) is 0. The van der Waals surface area contributed by atoms with E-state index in [1.807, 2.05) is 0 Å². The Morgan fingerprint density at radius 1 is 0.273 bits per heavy atom. The molecule has 0 aromatic heterocycles. The van der Waals surface area contributed by atoms with Crippen molar-refractivity contribution >= 4 is 103 Å². The summed E-state index contributed by atoms with van der Waals surface area (Å²) in [5.41, 5.74) is 0. The Morgan fingerprint density at radius 2 is 0.409 bits per heavy atom. The van der Waals surface area contributed by atoms with Crippen molar-refractivity contribution in [1.82, 2.24) is 0 Å². The molecule has 2 heteroatoms. The molecule has 0 nitrogen and oxygen atoms in total. The summed E-state index contributed by atoms with van der Waals surface area (Å²) in [6, 6.07) is 0. The summed E-state index contributed by atoms with van der Waals surface area (Å²) in [6.07, 6.45) is 26.4. The zero-order valence-electron chi connectivity index (χ0n) is 14.7. The summed E-state index contributed by atoms with van der Waals surface area (Å²) in [5, 5.41) is 0. The number of hydrogen-bond donors (Lipinski definition) is 0. The van der Waals surface area contributed by atoms with Crippen LogP contribution in [0.15, 0.2) is 0 Å². The van der Waals surface area contributed by atoms with Crippen LogP contribution in [-0.4, -0.2) is 103 Å². The zero-order valence-corrected chi connectivity index (χ0v) is 14.7. The van der Waals surface area contributed by atoms with Gasteiger partial charge in [0.15, 0.2) is 0 Å². The summed E-state index contributed by atoms with van der Waals surface area (Å²) < 4.78 is 0. The van der Waals surface area contributed by atoms with Gasteiger partial charge in [-0.1, -0.05) is 129 Å². The molecule has 0 spiro atoms. The standard InChI is InChI=1S/C20H42.2K.2H/c1-3-5-7-9-11-13-15-17-19-20-18-16-14-12-10-8-6-4-2;;;;/h3-20H2,1-2H3;;;;. The van der Waals surface area contributed by atoms with Crippen LogP contribution in [-0.2, 0) is 0 Å². The van der Waals surface area contributed by atoms with Crippen LogP contribution in [0.2, 0.25) is 0 Å². The normalized spacial score (nSPS) is 10.1. The number of hydrogen-bond acceptors (Lipinski definition) is 0. The Morgan fingerprint density at radius 3 is 0.545 bits per heavy atom. The van der Waals surface area contributed by atoms with E-state index in [9.17, 15) is 0 Å². The summed E-state index contributed by atoms with van der Waals surface area (Å²) >= 11 is 0. The third kappa shape index (κ3) is 28.1. The molecule has 0 aromatic carbocycles. The molecule has 0 bridgehead atoms. The molecule has 0 aliphatic carbocycles. The molecule has 126 valence electrons. The van der Waals surface area contributed by atoms with Crippen molar-refractivity contribution in [2.75, 3.05) is 0 Å². The van der Waals surface area contributed by atoms with Gasteiger partial charge in [-0.05, 0) is 0 Å². The van der Waals surface area contributed by atoms with Crippen molar-refractivity contribution in [3.63, 3.8) is 0 Å². The summed E-state index contributed by atoms with van der Waals surface area (Å²) in [6.45, 7) is 4.59. The van der Waals surface area contributed by atoms with Gasteiger partial charge in [0.25, 0.3) is 0 Å². The molecular formula is C20H44K2. The fraction of sp³-hybridized carbons (Fsp3) is 1.00. The molecule has 0 atom stereocenters. The molecule has 22 heavy (non-hydrogen) atoms. The fourth-order valence-electron chi connectivity index (χ4n) is 2.97. The first-order valence-electron chi connectivity index (χ1n) is 9.91. The van der Waals surface area contributed by atoms with Crippen molar-refractivity contribution in [3.8, 4) is 0 Å². The second-order valence-corrected chi connectivity index (χ2v) is 6.66. The topological polar surface area (TPSA) is 0 Å². The van der Waals surface area contributed by atoms with E-state index in [-0.39, 0.29) is 103 Å². The van der Waals surface area contributed by atoms with E-state index >= 15 is 0 Å². The van der Waals surface area contributed by atoms with E-state index in [0.717, 1.165) is 0 Å². The first-order valence-corrected chi connectivity index (χ1v) is 9.91. The molecule has 0 fully saturated rings. The van der Waals surface area contributed by atoms with Crippen LogP contribution in [0.1, 0.15) is 129 Å². The Labute approximate surface area is 228 Å². The minimum absolute atomic E-state index is 0. The second-order valence-electron chi connectivity index (χ2n) is 6.66. The Hall–Kier alpha value is 3.27. The predicted octanol–water partition coefficient (Wildman–Crippen LogP) is 6.75. The van der Waals surface area contributed by atoms with Crippen LogP contribution >= 0.6 is 0 Å². The van der Waals surface area contributed by atoms with Gasteiger partial charge in [-0.3, -0.25) is 0 Å². The van der Waals surface area contributed by atoms with Crippen LogP contribution < -0.4 is 0 Å². The Balaban J connectivity index is -0.00000180. The van der Waals surface area contributed by atoms with Crippen molar-refractivity contribution < 1.29 is 0 Å². The van der Waals surface area contributed by atoms with Gasteiger partial charge in [0, 0.05) is 0 Å². The van der Waals surface area contributed by atoms with Crippen LogP contribution in [0.4, 0.5) is 0 Å². The predicted molar refractivity (Wildman–Crippen MR) is 109 cm³/mol. The average molecular weight is 363 g/mol.